The normalized spacial score (nSPS) is 13.9. The van der Waals surface area contributed by atoms with E-state index in [4.69, 9.17) is 20.9 Å². The Bertz CT molecular complexity index is 377. The van der Waals surface area contributed by atoms with Gasteiger partial charge in [-0.15, -0.1) is 0 Å². The quantitative estimate of drug-likeness (QED) is 0.751. The van der Waals surface area contributed by atoms with E-state index in [-0.39, 0.29) is 6.61 Å². The fourth-order valence-electron chi connectivity index (χ4n) is 0.995. The Morgan fingerprint density at radius 1 is 1.44 bits per heavy atom. The van der Waals surface area contributed by atoms with E-state index in [1.165, 1.54) is 6.92 Å². The van der Waals surface area contributed by atoms with Crippen LogP contribution in [-0.4, -0.2) is 25.2 Å². The largest absolute Gasteiger partial charge is 0.497 e. The zero-order chi connectivity index (χ0) is 12.2. The Balaban J connectivity index is 2.64. The van der Waals surface area contributed by atoms with Crippen LogP contribution in [0, 0.1) is 0 Å². The first-order valence-electron chi connectivity index (χ1n) is 4.81. The van der Waals surface area contributed by atoms with E-state index >= 15 is 0 Å². The van der Waals surface area contributed by atoms with Crippen molar-refractivity contribution < 1.29 is 14.3 Å². The highest BCUT2D eigenvalue weighted by atomic mass is 16.5. The molecular weight excluding hydrogens is 208 g/mol. The molecule has 4 N–H and O–H groups in total. The van der Waals surface area contributed by atoms with Gasteiger partial charge < -0.3 is 20.9 Å². The van der Waals surface area contributed by atoms with Crippen LogP contribution >= 0.6 is 0 Å². The van der Waals surface area contributed by atoms with Crippen molar-refractivity contribution in [3.8, 4) is 11.5 Å². The summed E-state index contributed by atoms with van der Waals surface area (Å²) in [6, 6.07) is 7.03. The van der Waals surface area contributed by atoms with Gasteiger partial charge >= 0.3 is 0 Å². The van der Waals surface area contributed by atoms with Crippen molar-refractivity contribution >= 4 is 5.91 Å². The minimum absolute atomic E-state index is 0.0233. The fraction of sp³-hybridized carbons (Fsp3) is 0.364. The predicted octanol–water partition coefficient (Wildman–Crippen LogP) is 0.277. The fourth-order valence-corrected chi connectivity index (χ4v) is 0.995. The summed E-state index contributed by atoms with van der Waals surface area (Å²) in [7, 11) is 1.57. The molecule has 1 amide bonds. The van der Waals surface area contributed by atoms with E-state index in [0.717, 1.165) is 0 Å². The molecule has 1 aromatic carbocycles. The highest BCUT2D eigenvalue weighted by Crippen LogP contribution is 2.19. The number of hydrogen-bond acceptors (Lipinski definition) is 4. The zero-order valence-electron chi connectivity index (χ0n) is 9.40. The summed E-state index contributed by atoms with van der Waals surface area (Å²) >= 11 is 0. The molecule has 0 saturated heterocycles. The molecule has 0 bridgehead atoms. The van der Waals surface area contributed by atoms with E-state index in [2.05, 4.69) is 0 Å². The molecule has 16 heavy (non-hydrogen) atoms. The lowest BCUT2D eigenvalue weighted by Crippen LogP contribution is -2.53. The second-order valence-corrected chi connectivity index (χ2v) is 3.75. The Hall–Kier alpha value is -1.75. The first-order chi connectivity index (χ1) is 7.45. The molecule has 0 aliphatic heterocycles. The third-order valence-electron chi connectivity index (χ3n) is 2.14. The number of carbonyl (C=O) groups is 1. The van der Waals surface area contributed by atoms with Crippen molar-refractivity contribution in [1.29, 1.82) is 0 Å². The molecule has 1 aromatic rings. The summed E-state index contributed by atoms with van der Waals surface area (Å²) in [6.45, 7) is 1.55. The second kappa shape index (κ2) is 4.85. The number of nitrogens with two attached hydrogens (primary N) is 2. The molecular formula is C11H16N2O3. The molecule has 0 aromatic heterocycles. The minimum atomic E-state index is -1.18. The highest BCUT2D eigenvalue weighted by molar-refractivity contribution is 5.84. The summed E-state index contributed by atoms with van der Waals surface area (Å²) in [5.41, 5.74) is 9.59. The van der Waals surface area contributed by atoms with Crippen LogP contribution < -0.4 is 20.9 Å². The van der Waals surface area contributed by atoms with Crippen LogP contribution in [0.25, 0.3) is 0 Å². The molecule has 0 radical (unpaired) electrons. The van der Waals surface area contributed by atoms with Crippen LogP contribution in [0.15, 0.2) is 24.3 Å². The maximum absolute atomic E-state index is 11.0. The summed E-state index contributed by atoms with van der Waals surface area (Å²) < 4.78 is 10.4. The van der Waals surface area contributed by atoms with Gasteiger partial charge in [0.15, 0.2) is 0 Å². The van der Waals surface area contributed by atoms with Crippen molar-refractivity contribution in [2.24, 2.45) is 11.5 Å². The lowest BCUT2D eigenvalue weighted by molar-refractivity contribution is -0.123. The van der Waals surface area contributed by atoms with Gasteiger partial charge in [-0.2, -0.15) is 0 Å². The number of hydrogen-bond donors (Lipinski definition) is 2. The van der Waals surface area contributed by atoms with Crippen LogP contribution in [0.4, 0.5) is 0 Å². The molecule has 0 fully saturated rings. The van der Waals surface area contributed by atoms with Crippen molar-refractivity contribution in [3.05, 3.63) is 24.3 Å². The van der Waals surface area contributed by atoms with Crippen LogP contribution in [-0.2, 0) is 4.79 Å². The Morgan fingerprint density at radius 3 is 2.62 bits per heavy atom. The third-order valence-corrected chi connectivity index (χ3v) is 2.14. The number of primary amides is 1. The molecule has 5 heteroatoms. The summed E-state index contributed by atoms with van der Waals surface area (Å²) in [5.74, 6) is 0.656. The molecule has 0 aliphatic rings. The molecule has 5 nitrogen and oxygen atoms in total. The second-order valence-electron chi connectivity index (χ2n) is 3.75. The smallest absolute Gasteiger partial charge is 0.240 e. The molecule has 0 heterocycles. The van der Waals surface area contributed by atoms with Crippen molar-refractivity contribution in [1.82, 2.24) is 0 Å². The summed E-state index contributed by atoms with van der Waals surface area (Å²) in [5, 5.41) is 0. The number of amides is 1. The monoisotopic (exact) mass is 224 g/mol. The van der Waals surface area contributed by atoms with E-state index in [1.54, 1.807) is 31.4 Å². The number of methoxy groups -OCH3 is 1. The van der Waals surface area contributed by atoms with Crippen LogP contribution in [0.1, 0.15) is 6.92 Å². The van der Waals surface area contributed by atoms with Crippen LogP contribution in [0.3, 0.4) is 0 Å². The average molecular weight is 224 g/mol. The van der Waals surface area contributed by atoms with Gasteiger partial charge in [0.05, 0.1) is 7.11 Å². The number of benzene rings is 1. The molecule has 0 aliphatic carbocycles. The maximum atomic E-state index is 11.0. The van der Waals surface area contributed by atoms with E-state index in [1.807, 2.05) is 0 Å². The zero-order valence-corrected chi connectivity index (χ0v) is 9.40. The van der Waals surface area contributed by atoms with E-state index in [0.29, 0.717) is 11.5 Å². The van der Waals surface area contributed by atoms with Crippen molar-refractivity contribution in [3.63, 3.8) is 0 Å². The van der Waals surface area contributed by atoms with Gasteiger partial charge in [-0.25, -0.2) is 0 Å². The van der Waals surface area contributed by atoms with Crippen LogP contribution in [0.2, 0.25) is 0 Å². The van der Waals surface area contributed by atoms with Crippen molar-refractivity contribution in [2.75, 3.05) is 13.7 Å². The molecule has 1 unspecified atom stereocenters. The lowest BCUT2D eigenvalue weighted by atomic mass is 10.1. The van der Waals surface area contributed by atoms with Gasteiger partial charge in [-0.05, 0) is 19.1 Å². The first kappa shape index (κ1) is 12.3. The SMILES string of the molecule is COc1cccc(OCC(C)(N)C(N)=O)c1. The van der Waals surface area contributed by atoms with Gasteiger partial charge in [0.2, 0.25) is 5.91 Å². The maximum Gasteiger partial charge on any atom is 0.240 e. The lowest BCUT2D eigenvalue weighted by Gasteiger charge is -2.20. The molecule has 1 rings (SSSR count). The standard InChI is InChI=1S/C11H16N2O3/c1-11(13,10(12)14)7-16-9-5-3-4-8(6-9)15-2/h3-6H,7,13H2,1-2H3,(H2,12,14). The van der Waals surface area contributed by atoms with Gasteiger partial charge in [-0.3, -0.25) is 4.79 Å². The van der Waals surface area contributed by atoms with Crippen molar-refractivity contribution in [2.45, 2.75) is 12.5 Å². The number of carbonyl (C=O) groups excluding carboxylic acids is 1. The van der Waals surface area contributed by atoms with Gasteiger partial charge in [0.25, 0.3) is 0 Å². The number of ether oxygens (including phenoxy) is 2. The van der Waals surface area contributed by atoms with Gasteiger partial charge in [0, 0.05) is 6.07 Å². The predicted molar refractivity (Wildman–Crippen MR) is 60.3 cm³/mol. The average Bonchev–Trinajstić information content (AvgIpc) is 2.26. The minimum Gasteiger partial charge on any atom is -0.497 e. The topological polar surface area (TPSA) is 87.6 Å². The van der Waals surface area contributed by atoms with Crippen LogP contribution in [0.5, 0.6) is 11.5 Å². The Morgan fingerprint density at radius 2 is 2.06 bits per heavy atom. The first-order valence-corrected chi connectivity index (χ1v) is 4.81. The Labute approximate surface area is 94.3 Å². The highest BCUT2D eigenvalue weighted by Gasteiger charge is 2.26. The van der Waals surface area contributed by atoms with E-state index < -0.39 is 11.4 Å². The summed E-state index contributed by atoms with van der Waals surface area (Å²) in [4.78, 5) is 11.0. The van der Waals surface area contributed by atoms with Gasteiger partial charge in [0.1, 0.15) is 23.6 Å². The molecule has 1 atom stereocenters. The summed E-state index contributed by atoms with van der Waals surface area (Å²) in [6.07, 6.45) is 0. The molecule has 0 spiro atoms. The van der Waals surface area contributed by atoms with Gasteiger partial charge in [-0.1, -0.05) is 6.07 Å². The number of rotatable bonds is 5. The molecule has 88 valence electrons. The molecule has 0 saturated carbocycles. The van der Waals surface area contributed by atoms with E-state index in [9.17, 15) is 4.79 Å². The third kappa shape index (κ3) is 3.13. The Kier molecular flexibility index (Phi) is 3.73.